The van der Waals surface area contributed by atoms with Gasteiger partial charge in [-0.25, -0.2) is 0 Å². The Morgan fingerprint density at radius 3 is 2.50 bits per heavy atom. The van der Waals surface area contributed by atoms with Gasteiger partial charge in [0, 0.05) is 11.7 Å². The Bertz CT molecular complexity index is 518. The molecule has 0 radical (unpaired) electrons. The molecule has 1 aromatic heterocycles. The summed E-state index contributed by atoms with van der Waals surface area (Å²) in [5.74, 6) is 0.884. The molecule has 3 rings (SSSR count). The van der Waals surface area contributed by atoms with E-state index in [1.54, 1.807) is 17.2 Å². The summed E-state index contributed by atoms with van der Waals surface area (Å²) >= 11 is 0. The second kappa shape index (κ2) is 6.07. The average molecular weight is 270 g/mol. The first-order chi connectivity index (χ1) is 9.81. The second-order valence-electron chi connectivity index (χ2n) is 5.82. The summed E-state index contributed by atoms with van der Waals surface area (Å²) in [6.45, 7) is 2.37. The van der Waals surface area contributed by atoms with Crippen molar-refractivity contribution in [2.75, 3.05) is 5.32 Å². The van der Waals surface area contributed by atoms with E-state index in [-0.39, 0.29) is 0 Å². The van der Waals surface area contributed by atoms with Crippen molar-refractivity contribution in [3.63, 3.8) is 0 Å². The largest absolute Gasteiger partial charge is 0.382 e. The van der Waals surface area contributed by atoms with Crippen LogP contribution in [-0.2, 0) is 0 Å². The highest BCUT2D eigenvalue weighted by atomic mass is 15.5. The minimum absolute atomic E-state index is 0.619. The van der Waals surface area contributed by atoms with Crippen LogP contribution in [0.2, 0.25) is 0 Å². The van der Waals surface area contributed by atoms with Crippen LogP contribution in [0.5, 0.6) is 0 Å². The third-order valence-electron chi connectivity index (χ3n) is 4.15. The van der Waals surface area contributed by atoms with Gasteiger partial charge in [-0.3, -0.25) is 0 Å². The number of aromatic nitrogens is 3. The summed E-state index contributed by atoms with van der Waals surface area (Å²) < 4.78 is 0. The van der Waals surface area contributed by atoms with Crippen LogP contribution in [0, 0.1) is 5.92 Å². The van der Waals surface area contributed by atoms with E-state index < -0.39 is 0 Å². The molecule has 1 aliphatic carbocycles. The number of rotatable bonds is 3. The van der Waals surface area contributed by atoms with E-state index in [0.717, 1.165) is 11.6 Å². The van der Waals surface area contributed by atoms with Gasteiger partial charge in [-0.2, -0.15) is 15.0 Å². The number of benzene rings is 1. The average Bonchev–Trinajstić information content (AvgIpc) is 2.92. The SMILES string of the molecule is CC1CCCC(Nc2ccc(-n3nccn3)cc2)CC1. The maximum Gasteiger partial charge on any atom is 0.0858 e. The monoisotopic (exact) mass is 270 g/mol. The maximum absolute atomic E-state index is 4.14. The Morgan fingerprint density at radius 1 is 1.00 bits per heavy atom. The van der Waals surface area contributed by atoms with Crippen LogP contribution in [0.3, 0.4) is 0 Å². The maximum atomic E-state index is 4.14. The summed E-state index contributed by atoms with van der Waals surface area (Å²) in [5.41, 5.74) is 2.19. The lowest BCUT2D eigenvalue weighted by Crippen LogP contribution is -2.18. The molecule has 2 atom stereocenters. The molecule has 4 nitrogen and oxygen atoms in total. The zero-order chi connectivity index (χ0) is 13.8. The molecule has 0 amide bonds. The highest BCUT2D eigenvalue weighted by Gasteiger charge is 2.15. The van der Waals surface area contributed by atoms with Gasteiger partial charge >= 0.3 is 0 Å². The molecule has 1 N–H and O–H groups in total. The van der Waals surface area contributed by atoms with E-state index in [4.69, 9.17) is 0 Å². The first-order valence-corrected chi connectivity index (χ1v) is 7.54. The normalized spacial score (nSPS) is 23.2. The van der Waals surface area contributed by atoms with Crippen molar-refractivity contribution in [2.45, 2.75) is 45.1 Å². The quantitative estimate of drug-likeness (QED) is 0.866. The minimum Gasteiger partial charge on any atom is -0.382 e. The van der Waals surface area contributed by atoms with E-state index in [9.17, 15) is 0 Å². The zero-order valence-electron chi connectivity index (χ0n) is 12.0. The fourth-order valence-electron chi connectivity index (χ4n) is 2.91. The van der Waals surface area contributed by atoms with E-state index in [1.807, 2.05) is 0 Å². The van der Waals surface area contributed by atoms with Crippen molar-refractivity contribution in [2.24, 2.45) is 5.92 Å². The minimum atomic E-state index is 0.619. The molecule has 1 saturated carbocycles. The van der Waals surface area contributed by atoms with Gasteiger partial charge in [0.25, 0.3) is 0 Å². The van der Waals surface area contributed by atoms with Crippen molar-refractivity contribution in [1.29, 1.82) is 0 Å². The van der Waals surface area contributed by atoms with Crippen molar-refractivity contribution in [3.8, 4) is 5.69 Å². The molecule has 0 bridgehead atoms. The van der Waals surface area contributed by atoms with Crippen LogP contribution in [0.25, 0.3) is 5.69 Å². The van der Waals surface area contributed by atoms with E-state index in [2.05, 4.69) is 46.7 Å². The van der Waals surface area contributed by atoms with Crippen molar-refractivity contribution in [1.82, 2.24) is 15.0 Å². The van der Waals surface area contributed by atoms with Crippen LogP contribution >= 0.6 is 0 Å². The molecule has 106 valence electrons. The Morgan fingerprint density at radius 2 is 1.75 bits per heavy atom. The van der Waals surface area contributed by atoms with Gasteiger partial charge in [0.15, 0.2) is 0 Å². The number of hydrogen-bond donors (Lipinski definition) is 1. The molecule has 0 spiro atoms. The fourth-order valence-corrected chi connectivity index (χ4v) is 2.91. The molecule has 2 aromatic rings. The first kappa shape index (κ1) is 13.2. The summed E-state index contributed by atoms with van der Waals surface area (Å²) in [5, 5.41) is 11.9. The van der Waals surface area contributed by atoms with Gasteiger partial charge in [-0.05, 0) is 49.4 Å². The van der Waals surface area contributed by atoms with Gasteiger partial charge in [-0.15, -0.1) is 0 Å². The molecule has 0 aliphatic heterocycles. The lowest BCUT2D eigenvalue weighted by molar-refractivity contribution is 0.502. The van der Waals surface area contributed by atoms with Crippen molar-refractivity contribution < 1.29 is 0 Å². The standard InChI is InChI=1S/C16H22N4/c1-13-3-2-4-14(6-5-13)19-15-7-9-16(10-8-15)20-17-11-12-18-20/h7-14,19H,2-6H2,1H3. The third kappa shape index (κ3) is 3.18. The van der Waals surface area contributed by atoms with Gasteiger partial charge in [0.1, 0.15) is 0 Å². The third-order valence-corrected chi connectivity index (χ3v) is 4.15. The van der Waals surface area contributed by atoms with Gasteiger partial charge in [0.05, 0.1) is 18.1 Å². The van der Waals surface area contributed by atoms with Gasteiger partial charge < -0.3 is 5.32 Å². The predicted molar refractivity (Wildman–Crippen MR) is 81.0 cm³/mol. The lowest BCUT2D eigenvalue weighted by atomic mass is 10.0. The second-order valence-corrected chi connectivity index (χ2v) is 5.82. The molecule has 2 unspecified atom stereocenters. The molecule has 0 saturated heterocycles. The highest BCUT2D eigenvalue weighted by molar-refractivity contribution is 5.48. The van der Waals surface area contributed by atoms with Crippen LogP contribution in [0.1, 0.15) is 39.0 Å². The van der Waals surface area contributed by atoms with Gasteiger partial charge in [0.2, 0.25) is 0 Å². The van der Waals surface area contributed by atoms with Crippen LogP contribution < -0.4 is 5.32 Å². The predicted octanol–water partition coefficient (Wildman–Crippen LogP) is 3.65. The van der Waals surface area contributed by atoms with Gasteiger partial charge in [-0.1, -0.05) is 19.8 Å². The molecule has 4 heteroatoms. The Balaban J connectivity index is 1.63. The Labute approximate surface area is 120 Å². The summed E-state index contributed by atoms with van der Waals surface area (Å²) in [4.78, 5) is 1.64. The number of nitrogens with one attached hydrogen (secondary N) is 1. The molecular weight excluding hydrogens is 248 g/mol. The summed E-state index contributed by atoms with van der Waals surface area (Å²) in [7, 11) is 0. The van der Waals surface area contributed by atoms with Crippen LogP contribution in [0.15, 0.2) is 36.7 Å². The lowest BCUT2D eigenvalue weighted by Gasteiger charge is -2.18. The topological polar surface area (TPSA) is 42.7 Å². The Hall–Kier alpha value is -1.84. The molecule has 1 heterocycles. The number of anilines is 1. The summed E-state index contributed by atoms with van der Waals surface area (Å²) in [6, 6.07) is 8.97. The molecular formula is C16H22N4. The smallest absolute Gasteiger partial charge is 0.0858 e. The molecule has 1 aliphatic rings. The summed E-state index contributed by atoms with van der Waals surface area (Å²) in [6.07, 6.45) is 10.0. The number of nitrogens with zero attached hydrogens (tertiary/aromatic N) is 3. The van der Waals surface area contributed by atoms with Crippen LogP contribution in [-0.4, -0.2) is 21.0 Å². The van der Waals surface area contributed by atoms with E-state index in [1.165, 1.54) is 37.8 Å². The van der Waals surface area contributed by atoms with Crippen molar-refractivity contribution >= 4 is 5.69 Å². The first-order valence-electron chi connectivity index (χ1n) is 7.54. The van der Waals surface area contributed by atoms with Crippen molar-refractivity contribution in [3.05, 3.63) is 36.7 Å². The highest BCUT2D eigenvalue weighted by Crippen LogP contribution is 2.25. The molecule has 20 heavy (non-hydrogen) atoms. The number of hydrogen-bond acceptors (Lipinski definition) is 3. The van der Waals surface area contributed by atoms with E-state index in [0.29, 0.717) is 6.04 Å². The van der Waals surface area contributed by atoms with Crippen LogP contribution in [0.4, 0.5) is 5.69 Å². The van der Waals surface area contributed by atoms with E-state index >= 15 is 0 Å². The zero-order valence-corrected chi connectivity index (χ0v) is 12.0. The fraction of sp³-hybridized carbons (Fsp3) is 0.500. The molecule has 1 aromatic carbocycles. The molecule has 1 fully saturated rings. The Kier molecular flexibility index (Phi) is 4.00.